The number of nitriles is 1. The van der Waals surface area contributed by atoms with Gasteiger partial charge in [0.25, 0.3) is 5.91 Å². The predicted octanol–water partition coefficient (Wildman–Crippen LogP) is 4.52. The minimum absolute atomic E-state index is 0.0433. The maximum atomic E-state index is 12.8. The molecule has 1 aliphatic rings. The number of benzene rings is 2. The number of amides is 2. The fraction of sp³-hybridized carbons (Fsp3) is 0.393. The lowest BCUT2D eigenvalue weighted by molar-refractivity contribution is -0.129. The number of carbonyl (C=O) groups excluding carboxylic acids is 2. The molecule has 204 valence electrons. The molecule has 0 spiro atoms. The Balaban J connectivity index is 1.20. The zero-order valence-corrected chi connectivity index (χ0v) is 22.2. The van der Waals surface area contributed by atoms with Crippen LogP contribution < -0.4 is 15.5 Å². The number of hydrogen-bond acceptors (Lipinski definition) is 7. The molecule has 0 radical (unpaired) electrons. The molecule has 3 aromatic rings. The van der Waals surface area contributed by atoms with Gasteiger partial charge in [0.1, 0.15) is 11.8 Å². The van der Waals surface area contributed by atoms with Gasteiger partial charge in [-0.3, -0.25) is 14.8 Å². The second-order valence-electron chi connectivity index (χ2n) is 9.62. The molecule has 0 atom stereocenters. The number of unbranched alkanes of at least 4 members (excludes halogenated alkanes) is 2. The number of ether oxygens (including phenoxy) is 1. The molecule has 3 N–H and O–H groups in total. The first kappa shape index (κ1) is 28.1. The van der Waals surface area contributed by atoms with Crippen molar-refractivity contribution in [2.75, 3.05) is 0 Å². The van der Waals surface area contributed by atoms with Gasteiger partial charge in [-0.25, -0.2) is 10.2 Å². The first-order valence-corrected chi connectivity index (χ1v) is 13.4. The lowest BCUT2D eigenvalue weighted by atomic mass is 9.92. The summed E-state index contributed by atoms with van der Waals surface area (Å²) in [7, 11) is 0. The highest BCUT2D eigenvalue weighted by Gasteiger charge is 2.24. The Morgan fingerprint density at radius 2 is 1.87 bits per heavy atom. The van der Waals surface area contributed by atoms with Gasteiger partial charge >= 0.3 is 0 Å². The van der Waals surface area contributed by atoms with E-state index < -0.39 is 0 Å². The quantitative estimate of drug-likeness (QED) is 0.181. The number of aromatic nitrogens is 3. The lowest BCUT2D eigenvalue weighted by Gasteiger charge is -2.29. The molecule has 0 unspecified atom stereocenters. The molecule has 0 saturated heterocycles. The van der Waals surface area contributed by atoms with Crippen LogP contribution in [0.25, 0.3) is 5.69 Å². The zero-order valence-electron chi connectivity index (χ0n) is 21.5. The van der Waals surface area contributed by atoms with E-state index in [0.717, 1.165) is 56.3 Å². The lowest BCUT2D eigenvalue weighted by Crippen LogP contribution is -2.39. The second-order valence-corrected chi connectivity index (χ2v) is 10.0. The average molecular weight is 551 g/mol. The van der Waals surface area contributed by atoms with Gasteiger partial charge in [-0.1, -0.05) is 23.2 Å². The van der Waals surface area contributed by atoms with Gasteiger partial charge in [0.05, 0.1) is 34.3 Å². The smallest absolute Gasteiger partial charge is 0.251 e. The topological polar surface area (TPSA) is 142 Å². The van der Waals surface area contributed by atoms with Crippen molar-refractivity contribution in [3.63, 3.8) is 0 Å². The van der Waals surface area contributed by atoms with Crippen LogP contribution in [0.1, 0.15) is 73.0 Å². The molecule has 1 fully saturated rings. The summed E-state index contributed by atoms with van der Waals surface area (Å²) in [4.78, 5) is 23.8. The van der Waals surface area contributed by atoms with Crippen LogP contribution in [-0.4, -0.2) is 44.2 Å². The van der Waals surface area contributed by atoms with Crippen LogP contribution in [0.5, 0.6) is 5.75 Å². The monoisotopic (exact) mass is 550 g/mol. The van der Waals surface area contributed by atoms with E-state index >= 15 is 0 Å². The van der Waals surface area contributed by atoms with E-state index in [2.05, 4.69) is 15.6 Å². The minimum atomic E-state index is -0.373. The van der Waals surface area contributed by atoms with Crippen LogP contribution in [0.2, 0.25) is 5.02 Å². The van der Waals surface area contributed by atoms with Crippen molar-refractivity contribution in [3.8, 4) is 17.5 Å². The number of nitrogens with zero attached hydrogens (tertiary/aromatic N) is 4. The van der Waals surface area contributed by atoms with Gasteiger partial charge in [-0.05, 0) is 81.3 Å². The Bertz CT molecular complexity index is 1310. The largest absolute Gasteiger partial charge is 0.490 e. The second kappa shape index (κ2) is 13.7. The summed E-state index contributed by atoms with van der Waals surface area (Å²) in [6.07, 6.45) is 8.63. The van der Waals surface area contributed by atoms with E-state index in [0.29, 0.717) is 34.7 Å². The van der Waals surface area contributed by atoms with E-state index in [-0.39, 0.29) is 24.0 Å². The fourth-order valence-corrected chi connectivity index (χ4v) is 4.79. The van der Waals surface area contributed by atoms with Gasteiger partial charge in [-0.15, -0.1) is 5.10 Å². The predicted molar refractivity (Wildman–Crippen MR) is 144 cm³/mol. The number of aryl methyl sites for hydroxylation is 1. The van der Waals surface area contributed by atoms with E-state index in [1.807, 2.05) is 24.4 Å². The number of hydroxylamine groups is 1. The zero-order chi connectivity index (χ0) is 27.6. The summed E-state index contributed by atoms with van der Waals surface area (Å²) in [6, 6.07) is 14.4. The summed E-state index contributed by atoms with van der Waals surface area (Å²) in [6.45, 7) is 0. The molecule has 1 aliphatic carbocycles. The number of carbonyl (C=O) groups is 2. The fourth-order valence-electron chi connectivity index (χ4n) is 4.58. The van der Waals surface area contributed by atoms with Crippen LogP contribution in [0, 0.1) is 11.3 Å². The molecule has 10 nitrogen and oxygen atoms in total. The highest BCUT2D eigenvalue weighted by molar-refractivity contribution is 6.31. The summed E-state index contributed by atoms with van der Waals surface area (Å²) in [5.74, 6) is 0.164. The Morgan fingerprint density at radius 3 is 2.56 bits per heavy atom. The molecular formula is C28H31ClN6O4. The Kier molecular flexibility index (Phi) is 9.89. The molecule has 2 amide bonds. The van der Waals surface area contributed by atoms with E-state index in [4.69, 9.17) is 26.8 Å². The van der Waals surface area contributed by atoms with Crippen molar-refractivity contribution in [2.45, 2.75) is 69.9 Å². The molecule has 4 rings (SSSR count). The molecular weight excluding hydrogens is 520 g/mol. The SMILES string of the molecule is N#Cc1ccc(OC2CCC(NC(=O)c3ccc(-n4cc(CCCCCC(=O)NO)nn4)cc3)CC2)cc1Cl. The van der Waals surface area contributed by atoms with E-state index in [1.54, 1.807) is 40.5 Å². The molecule has 1 saturated carbocycles. The van der Waals surface area contributed by atoms with Crippen molar-refractivity contribution in [1.82, 2.24) is 25.8 Å². The van der Waals surface area contributed by atoms with Gasteiger partial charge in [0.2, 0.25) is 5.91 Å². The average Bonchev–Trinajstić information content (AvgIpc) is 3.43. The van der Waals surface area contributed by atoms with Crippen molar-refractivity contribution < 1.29 is 19.5 Å². The molecule has 39 heavy (non-hydrogen) atoms. The van der Waals surface area contributed by atoms with Gasteiger partial charge in [-0.2, -0.15) is 5.26 Å². The highest BCUT2D eigenvalue weighted by atomic mass is 35.5. The van der Waals surface area contributed by atoms with Crippen molar-refractivity contribution in [1.29, 1.82) is 5.26 Å². The van der Waals surface area contributed by atoms with Crippen LogP contribution >= 0.6 is 11.6 Å². The van der Waals surface area contributed by atoms with E-state index in [9.17, 15) is 9.59 Å². The Morgan fingerprint density at radius 1 is 1.10 bits per heavy atom. The Hall–Kier alpha value is -3.94. The molecule has 2 aromatic carbocycles. The molecule has 1 aromatic heterocycles. The summed E-state index contributed by atoms with van der Waals surface area (Å²) in [5.41, 5.74) is 4.30. The van der Waals surface area contributed by atoms with Gasteiger partial charge in [0.15, 0.2) is 0 Å². The summed E-state index contributed by atoms with van der Waals surface area (Å²) >= 11 is 6.10. The van der Waals surface area contributed by atoms with Crippen LogP contribution in [-0.2, 0) is 11.2 Å². The minimum Gasteiger partial charge on any atom is -0.490 e. The third-order valence-corrected chi connectivity index (χ3v) is 7.08. The molecule has 11 heteroatoms. The number of halogens is 1. The first-order chi connectivity index (χ1) is 18.9. The van der Waals surface area contributed by atoms with Crippen LogP contribution in [0.4, 0.5) is 0 Å². The van der Waals surface area contributed by atoms with Crippen molar-refractivity contribution >= 4 is 23.4 Å². The van der Waals surface area contributed by atoms with Crippen LogP contribution in [0.3, 0.4) is 0 Å². The molecule has 0 bridgehead atoms. The number of rotatable bonds is 11. The number of nitrogens with one attached hydrogen (secondary N) is 2. The molecule has 1 heterocycles. The maximum Gasteiger partial charge on any atom is 0.251 e. The highest BCUT2D eigenvalue weighted by Crippen LogP contribution is 2.27. The number of hydrogen-bond donors (Lipinski definition) is 3. The molecule has 0 aliphatic heterocycles. The van der Waals surface area contributed by atoms with Gasteiger partial charge in [0, 0.05) is 24.1 Å². The summed E-state index contributed by atoms with van der Waals surface area (Å²) in [5, 5.41) is 29.4. The summed E-state index contributed by atoms with van der Waals surface area (Å²) < 4.78 is 7.71. The normalized spacial score (nSPS) is 16.7. The Labute approximate surface area is 231 Å². The van der Waals surface area contributed by atoms with Gasteiger partial charge < -0.3 is 10.1 Å². The third-order valence-electron chi connectivity index (χ3n) is 6.77. The maximum absolute atomic E-state index is 12.8. The third kappa shape index (κ3) is 8.02. The van der Waals surface area contributed by atoms with Crippen molar-refractivity contribution in [3.05, 3.63) is 70.5 Å². The standard InChI is InChI=1S/C28H31ClN6O4/c29-26-16-25(13-8-20(26)17-30)39-24-14-9-21(10-15-24)31-28(37)19-6-11-23(12-7-19)35-18-22(32-34-35)4-2-1-3-5-27(36)33-38/h6-8,11-13,16,18,21,24,38H,1-5,9-10,14-15H2,(H,31,37)(H,33,36). The first-order valence-electron chi connectivity index (χ1n) is 13.1. The van der Waals surface area contributed by atoms with Crippen LogP contribution in [0.15, 0.2) is 48.7 Å². The van der Waals surface area contributed by atoms with Crippen molar-refractivity contribution in [2.24, 2.45) is 0 Å². The van der Waals surface area contributed by atoms with E-state index in [1.165, 1.54) is 0 Å².